The second-order valence-electron chi connectivity index (χ2n) is 3.88. The number of benzene rings is 1. The number of ether oxygens (including phenoxy) is 2. The van der Waals surface area contributed by atoms with E-state index in [1.807, 2.05) is 0 Å². The van der Waals surface area contributed by atoms with Crippen molar-refractivity contribution in [2.75, 3.05) is 13.9 Å². The van der Waals surface area contributed by atoms with Crippen molar-refractivity contribution >= 4 is 17.8 Å². The molecule has 0 radical (unpaired) electrons. The quantitative estimate of drug-likeness (QED) is 0.459. The first kappa shape index (κ1) is 13.8. The number of hydrogen-bond donors (Lipinski definition) is 0. The van der Waals surface area contributed by atoms with E-state index in [-0.39, 0.29) is 12.5 Å². The van der Waals surface area contributed by atoms with Crippen molar-refractivity contribution in [1.82, 2.24) is 0 Å². The summed E-state index contributed by atoms with van der Waals surface area (Å²) in [6.07, 6.45) is 5.08. The van der Waals surface area contributed by atoms with Crippen molar-refractivity contribution in [3.05, 3.63) is 58.0 Å². The third-order valence-corrected chi connectivity index (χ3v) is 2.51. The van der Waals surface area contributed by atoms with E-state index in [0.29, 0.717) is 17.1 Å². The first-order valence-electron chi connectivity index (χ1n) is 5.82. The first-order valence-corrected chi connectivity index (χ1v) is 5.82. The highest BCUT2D eigenvalue weighted by Crippen LogP contribution is 2.26. The van der Waals surface area contributed by atoms with Gasteiger partial charge in [-0.3, -0.25) is 10.1 Å². The van der Waals surface area contributed by atoms with E-state index in [9.17, 15) is 10.1 Å². The Morgan fingerprint density at radius 2 is 2.20 bits per heavy atom. The molecule has 1 heterocycles. The van der Waals surface area contributed by atoms with Gasteiger partial charge in [-0.15, -0.1) is 0 Å². The smallest absolute Gasteiger partial charge is 0.273 e. The number of rotatable bonds is 6. The van der Waals surface area contributed by atoms with Crippen molar-refractivity contribution in [3.63, 3.8) is 0 Å². The summed E-state index contributed by atoms with van der Waals surface area (Å²) >= 11 is 0. The van der Waals surface area contributed by atoms with E-state index in [4.69, 9.17) is 13.9 Å². The zero-order chi connectivity index (χ0) is 14.4. The van der Waals surface area contributed by atoms with Gasteiger partial charge in [0.1, 0.15) is 11.5 Å². The standard InChI is InChI=1S/C14H13NO5/c1-18-10-20-14-9-12(15(16)17)6-4-11(14)5-7-13-3-2-8-19-13/h2-9H,10H2,1H3/b7-5+. The molecule has 1 aromatic heterocycles. The molecule has 1 aromatic carbocycles. The van der Waals surface area contributed by atoms with Gasteiger partial charge in [-0.2, -0.15) is 0 Å². The summed E-state index contributed by atoms with van der Waals surface area (Å²) in [5.41, 5.74) is 0.662. The minimum Gasteiger partial charge on any atom is -0.467 e. The van der Waals surface area contributed by atoms with Crippen molar-refractivity contribution in [3.8, 4) is 5.75 Å². The minimum atomic E-state index is -0.473. The monoisotopic (exact) mass is 275 g/mol. The molecule has 0 saturated heterocycles. The van der Waals surface area contributed by atoms with Crippen LogP contribution in [0.1, 0.15) is 11.3 Å². The number of furan rings is 1. The maximum absolute atomic E-state index is 10.8. The van der Waals surface area contributed by atoms with E-state index in [2.05, 4.69) is 0 Å². The topological polar surface area (TPSA) is 74.7 Å². The summed E-state index contributed by atoms with van der Waals surface area (Å²) < 4.78 is 15.3. The van der Waals surface area contributed by atoms with Crippen LogP contribution in [-0.2, 0) is 4.74 Å². The Labute approximate surface area is 115 Å². The molecule has 0 aliphatic heterocycles. The molecule has 0 spiro atoms. The number of nitro groups is 1. The Hall–Kier alpha value is -2.60. The molecule has 6 nitrogen and oxygen atoms in total. The Kier molecular flexibility index (Phi) is 4.52. The fraction of sp³-hybridized carbons (Fsp3) is 0.143. The van der Waals surface area contributed by atoms with Gasteiger partial charge in [-0.05, 0) is 30.4 Å². The van der Waals surface area contributed by atoms with Gasteiger partial charge in [-0.1, -0.05) is 0 Å². The van der Waals surface area contributed by atoms with Gasteiger partial charge >= 0.3 is 0 Å². The van der Waals surface area contributed by atoms with Crippen LogP contribution in [0.5, 0.6) is 5.75 Å². The van der Waals surface area contributed by atoms with Crippen molar-refractivity contribution in [2.24, 2.45) is 0 Å². The fourth-order valence-corrected chi connectivity index (χ4v) is 1.58. The maximum atomic E-state index is 10.8. The molecule has 0 unspecified atom stereocenters. The molecular formula is C14H13NO5. The largest absolute Gasteiger partial charge is 0.467 e. The molecule has 6 heteroatoms. The molecular weight excluding hydrogens is 262 g/mol. The molecule has 2 aromatic rings. The third kappa shape index (κ3) is 3.46. The average molecular weight is 275 g/mol. The van der Waals surface area contributed by atoms with E-state index in [1.54, 1.807) is 36.6 Å². The number of nitro benzene ring substituents is 1. The van der Waals surface area contributed by atoms with Crippen LogP contribution in [0, 0.1) is 10.1 Å². The molecule has 0 N–H and O–H groups in total. The molecule has 104 valence electrons. The fourth-order valence-electron chi connectivity index (χ4n) is 1.58. The van der Waals surface area contributed by atoms with Crippen LogP contribution in [0.2, 0.25) is 0 Å². The zero-order valence-corrected chi connectivity index (χ0v) is 10.8. The Balaban J connectivity index is 2.28. The molecule has 0 aliphatic rings. The van der Waals surface area contributed by atoms with Crippen molar-refractivity contribution in [2.45, 2.75) is 0 Å². The lowest BCUT2D eigenvalue weighted by Crippen LogP contribution is -2.01. The van der Waals surface area contributed by atoms with E-state index >= 15 is 0 Å². The Bertz CT molecular complexity index is 604. The molecule has 0 fully saturated rings. The summed E-state index contributed by atoms with van der Waals surface area (Å²) in [6, 6.07) is 7.97. The van der Waals surface area contributed by atoms with Crippen LogP contribution in [0.3, 0.4) is 0 Å². The lowest BCUT2D eigenvalue weighted by molar-refractivity contribution is -0.385. The first-order chi connectivity index (χ1) is 9.70. The highest BCUT2D eigenvalue weighted by atomic mass is 16.7. The number of non-ortho nitro benzene ring substituents is 1. The molecule has 0 bridgehead atoms. The van der Waals surface area contributed by atoms with Crippen molar-refractivity contribution < 1.29 is 18.8 Å². The summed E-state index contributed by atoms with van der Waals surface area (Å²) in [4.78, 5) is 10.3. The third-order valence-electron chi connectivity index (χ3n) is 2.51. The van der Waals surface area contributed by atoms with Crippen LogP contribution >= 0.6 is 0 Å². The van der Waals surface area contributed by atoms with Gasteiger partial charge in [0, 0.05) is 18.7 Å². The normalized spacial score (nSPS) is 10.8. The van der Waals surface area contributed by atoms with E-state index in [1.165, 1.54) is 19.2 Å². The lowest BCUT2D eigenvalue weighted by atomic mass is 10.1. The van der Waals surface area contributed by atoms with Gasteiger partial charge in [-0.25, -0.2) is 0 Å². The van der Waals surface area contributed by atoms with Crippen LogP contribution in [-0.4, -0.2) is 18.8 Å². The SMILES string of the molecule is COCOc1cc([N+](=O)[O-])ccc1/C=C/c1ccco1. The lowest BCUT2D eigenvalue weighted by Gasteiger charge is -2.07. The van der Waals surface area contributed by atoms with Gasteiger partial charge in [0.25, 0.3) is 5.69 Å². The van der Waals surface area contributed by atoms with Gasteiger partial charge in [0.15, 0.2) is 6.79 Å². The number of methoxy groups -OCH3 is 1. The molecule has 0 aliphatic carbocycles. The van der Waals surface area contributed by atoms with Crippen LogP contribution < -0.4 is 4.74 Å². The predicted octanol–water partition coefficient (Wildman–Crippen LogP) is 3.34. The van der Waals surface area contributed by atoms with Crippen LogP contribution in [0.15, 0.2) is 41.0 Å². The summed E-state index contributed by atoms with van der Waals surface area (Å²) in [5, 5.41) is 10.8. The van der Waals surface area contributed by atoms with Gasteiger partial charge in [0.2, 0.25) is 0 Å². The van der Waals surface area contributed by atoms with E-state index < -0.39 is 4.92 Å². The van der Waals surface area contributed by atoms with Crippen molar-refractivity contribution in [1.29, 1.82) is 0 Å². The summed E-state index contributed by atoms with van der Waals surface area (Å²) in [5.74, 6) is 1.06. The van der Waals surface area contributed by atoms with Crippen LogP contribution in [0.25, 0.3) is 12.2 Å². The molecule has 2 rings (SSSR count). The second kappa shape index (κ2) is 6.53. The second-order valence-corrected chi connectivity index (χ2v) is 3.88. The van der Waals surface area contributed by atoms with Gasteiger partial charge < -0.3 is 13.9 Å². The summed E-state index contributed by atoms with van der Waals surface area (Å²) in [7, 11) is 1.48. The Morgan fingerprint density at radius 3 is 2.85 bits per heavy atom. The molecule has 20 heavy (non-hydrogen) atoms. The van der Waals surface area contributed by atoms with E-state index in [0.717, 1.165) is 0 Å². The molecule has 0 saturated carbocycles. The molecule has 0 amide bonds. The number of nitrogens with zero attached hydrogens (tertiary/aromatic N) is 1. The maximum Gasteiger partial charge on any atom is 0.273 e. The van der Waals surface area contributed by atoms with Crippen LogP contribution in [0.4, 0.5) is 5.69 Å². The minimum absolute atomic E-state index is 0.0166. The van der Waals surface area contributed by atoms with Gasteiger partial charge in [0.05, 0.1) is 17.3 Å². The highest BCUT2D eigenvalue weighted by molar-refractivity contribution is 5.71. The Morgan fingerprint density at radius 1 is 1.35 bits per heavy atom. The average Bonchev–Trinajstić information content (AvgIpc) is 2.96. The highest BCUT2D eigenvalue weighted by Gasteiger charge is 2.10. The number of hydrogen-bond acceptors (Lipinski definition) is 5. The summed E-state index contributed by atoms with van der Waals surface area (Å²) in [6.45, 7) is 0.0166. The predicted molar refractivity (Wildman–Crippen MR) is 73.2 cm³/mol. The molecule has 0 atom stereocenters. The zero-order valence-electron chi connectivity index (χ0n) is 10.8.